The fourth-order valence-electron chi connectivity index (χ4n) is 4.69. The van der Waals surface area contributed by atoms with Crippen LogP contribution in [0.25, 0.3) is 0 Å². The number of aliphatic hydroxyl groups is 1. The zero-order chi connectivity index (χ0) is 19.4. The van der Waals surface area contributed by atoms with Gasteiger partial charge in [0.05, 0.1) is 11.5 Å². The minimum atomic E-state index is -0.625. The van der Waals surface area contributed by atoms with Crippen LogP contribution in [0.5, 0.6) is 0 Å². The molecule has 1 heterocycles. The molecule has 0 bridgehead atoms. The number of amides is 1. The smallest absolute Gasteiger partial charge is 0.227 e. The van der Waals surface area contributed by atoms with Gasteiger partial charge in [-0.2, -0.15) is 0 Å². The Morgan fingerprint density at radius 1 is 1.15 bits per heavy atom. The molecule has 1 saturated carbocycles. The molecular formula is C22H35N3O2. The van der Waals surface area contributed by atoms with Crippen molar-refractivity contribution >= 4 is 5.91 Å². The lowest BCUT2D eigenvalue weighted by Crippen LogP contribution is -2.48. The Morgan fingerprint density at radius 3 is 2.44 bits per heavy atom. The third-order valence-corrected chi connectivity index (χ3v) is 6.30. The van der Waals surface area contributed by atoms with Gasteiger partial charge in [0.2, 0.25) is 5.91 Å². The van der Waals surface area contributed by atoms with Crippen molar-refractivity contribution in [3.8, 4) is 0 Å². The molecule has 2 fully saturated rings. The van der Waals surface area contributed by atoms with Gasteiger partial charge in [-0.25, -0.2) is 0 Å². The molecule has 0 spiro atoms. The quantitative estimate of drug-likeness (QED) is 0.877. The number of carbonyl (C=O) groups excluding carboxylic acids is 1. The van der Waals surface area contributed by atoms with E-state index >= 15 is 0 Å². The molecular weight excluding hydrogens is 338 g/mol. The summed E-state index contributed by atoms with van der Waals surface area (Å²) in [7, 11) is 5.74. The van der Waals surface area contributed by atoms with E-state index in [1.807, 2.05) is 14.1 Å². The molecule has 1 amide bonds. The zero-order valence-electron chi connectivity index (χ0n) is 17.1. The van der Waals surface area contributed by atoms with Gasteiger partial charge in [-0.3, -0.25) is 9.69 Å². The number of rotatable bonds is 4. The second-order valence-electron chi connectivity index (χ2n) is 8.84. The van der Waals surface area contributed by atoms with Crippen LogP contribution in [-0.4, -0.2) is 85.2 Å². The highest BCUT2D eigenvalue weighted by Crippen LogP contribution is 2.38. The first-order chi connectivity index (χ1) is 12.9. The van der Waals surface area contributed by atoms with Gasteiger partial charge in [0.1, 0.15) is 0 Å². The molecule has 1 aromatic carbocycles. The van der Waals surface area contributed by atoms with Crippen LogP contribution in [0.3, 0.4) is 0 Å². The van der Waals surface area contributed by atoms with Gasteiger partial charge in [-0.05, 0) is 44.2 Å². The van der Waals surface area contributed by atoms with Crippen molar-refractivity contribution in [2.45, 2.75) is 37.2 Å². The predicted octanol–water partition coefficient (Wildman–Crippen LogP) is 2.03. The molecule has 1 aromatic rings. The molecule has 0 aromatic heterocycles. The number of nitrogens with zero attached hydrogens (tertiary/aromatic N) is 3. The third-order valence-electron chi connectivity index (χ3n) is 6.30. The van der Waals surface area contributed by atoms with E-state index in [9.17, 15) is 9.90 Å². The van der Waals surface area contributed by atoms with E-state index in [1.54, 1.807) is 4.90 Å². The van der Waals surface area contributed by atoms with Gasteiger partial charge >= 0.3 is 0 Å². The zero-order valence-corrected chi connectivity index (χ0v) is 17.1. The maximum atomic E-state index is 12.5. The summed E-state index contributed by atoms with van der Waals surface area (Å²) in [5.74, 6) is 0.732. The largest absolute Gasteiger partial charge is 0.389 e. The Morgan fingerprint density at radius 2 is 1.81 bits per heavy atom. The highest BCUT2D eigenvalue weighted by Gasteiger charge is 2.37. The SMILES string of the molecule is CN1CCN(CC2(O)CCC(c3ccccc3)CC2)C[C@@H](C(=O)N(C)C)C1. The van der Waals surface area contributed by atoms with Gasteiger partial charge in [0.25, 0.3) is 0 Å². The van der Waals surface area contributed by atoms with Crippen LogP contribution in [0.15, 0.2) is 30.3 Å². The van der Waals surface area contributed by atoms with E-state index in [4.69, 9.17) is 0 Å². The number of likely N-dealkylation sites (N-methyl/N-ethyl adjacent to an activating group) is 1. The Bertz CT molecular complexity index is 611. The monoisotopic (exact) mass is 373 g/mol. The first kappa shape index (κ1) is 20.3. The van der Waals surface area contributed by atoms with E-state index in [-0.39, 0.29) is 11.8 Å². The molecule has 2 aliphatic rings. The minimum absolute atomic E-state index is 0.0169. The summed E-state index contributed by atoms with van der Waals surface area (Å²) >= 11 is 0. The molecule has 27 heavy (non-hydrogen) atoms. The maximum Gasteiger partial charge on any atom is 0.227 e. The molecule has 150 valence electrons. The highest BCUT2D eigenvalue weighted by molar-refractivity contribution is 5.78. The number of hydrogen-bond acceptors (Lipinski definition) is 4. The Hall–Kier alpha value is -1.43. The molecule has 0 unspecified atom stereocenters. The lowest BCUT2D eigenvalue weighted by atomic mass is 9.76. The predicted molar refractivity (Wildman–Crippen MR) is 109 cm³/mol. The third kappa shape index (κ3) is 5.31. The van der Waals surface area contributed by atoms with Crippen molar-refractivity contribution in [2.75, 3.05) is 53.9 Å². The molecule has 0 radical (unpaired) electrons. The molecule has 1 saturated heterocycles. The van der Waals surface area contributed by atoms with Crippen LogP contribution in [0.2, 0.25) is 0 Å². The van der Waals surface area contributed by atoms with E-state index in [0.717, 1.165) is 51.9 Å². The molecule has 3 rings (SSSR count). The maximum absolute atomic E-state index is 12.5. The van der Waals surface area contributed by atoms with Gasteiger partial charge in [-0.1, -0.05) is 30.3 Å². The van der Waals surface area contributed by atoms with Crippen LogP contribution in [-0.2, 0) is 4.79 Å². The van der Waals surface area contributed by atoms with Crippen LogP contribution >= 0.6 is 0 Å². The average Bonchev–Trinajstić information content (AvgIpc) is 2.83. The average molecular weight is 374 g/mol. The van der Waals surface area contributed by atoms with Gasteiger partial charge in [0.15, 0.2) is 0 Å². The first-order valence-corrected chi connectivity index (χ1v) is 10.3. The van der Waals surface area contributed by atoms with Crippen molar-refractivity contribution < 1.29 is 9.90 Å². The highest BCUT2D eigenvalue weighted by atomic mass is 16.3. The lowest BCUT2D eigenvalue weighted by Gasteiger charge is -2.40. The fourth-order valence-corrected chi connectivity index (χ4v) is 4.69. The molecule has 5 heteroatoms. The van der Waals surface area contributed by atoms with Gasteiger partial charge in [0, 0.05) is 46.8 Å². The van der Waals surface area contributed by atoms with Crippen molar-refractivity contribution in [1.29, 1.82) is 0 Å². The van der Waals surface area contributed by atoms with Crippen molar-refractivity contribution in [3.05, 3.63) is 35.9 Å². The van der Waals surface area contributed by atoms with E-state index in [2.05, 4.69) is 47.2 Å². The summed E-state index contributed by atoms with van der Waals surface area (Å²) in [6.45, 7) is 4.07. The normalized spacial score (nSPS) is 30.7. The van der Waals surface area contributed by atoms with Crippen LogP contribution in [0.4, 0.5) is 0 Å². The Kier molecular flexibility index (Phi) is 6.56. The lowest BCUT2D eigenvalue weighted by molar-refractivity contribution is -0.134. The van der Waals surface area contributed by atoms with Gasteiger partial charge < -0.3 is 14.9 Å². The molecule has 1 N–H and O–H groups in total. The molecule has 1 atom stereocenters. The van der Waals surface area contributed by atoms with Crippen molar-refractivity contribution in [3.63, 3.8) is 0 Å². The summed E-state index contributed by atoms with van der Waals surface area (Å²) in [5.41, 5.74) is 0.771. The first-order valence-electron chi connectivity index (χ1n) is 10.3. The Balaban J connectivity index is 1.59. The van der Waals surface area contributed by atoms with Gasteiger partial charge in [-0.15, -0.1) is 0 Å². The van der Waals surface area contributed by atoms with E-state index < -0.39 is 5.60 Å². The minimum Gasteiger partial charge on any atom is -0.389 e. The second kappa shape index (κ2) is 8.72. The Labute approximate surface area is 163 Å². The number of β-amino-alcohol motifs (C(OH)–C–C–N with tert-alkyl or cyclic N) is 1. The van der Waals surface area contributed by atoms with Crippen LogP contribution in [0.1, 0.15) is 37.2 Å². The number of carbonyl (C=O) groups is 1. The molecule has 1 aliphatic carbocycles. The summed E-state index contributed by atoms with van der Waals surface area (Å²) in [6.07, 6.45) is 3.75. The van der Waals surface area contributed by atoms with E-state index in [1.165, 1.54) is 5.56 Å². The second-order valence-corrected chi connectivity index (χ2v) is 8.84. The van der Waals surface area contributed by atoms with Crippen LogP contribution < -0.4 is 0 Å². The molecule has 5 nitrogen and oxygen atoms in total. The summed E-state index contributed by atoms with van der Waals surface area (Å²) in [6, 6.07) is 10.7. The van der Waals surface area contributed by atoms with Crippen molar-refractivity contribution in [1.82, 2.24) is 14.7 Å². The topological polar surface area (TPSA) is 47.0 Å². The van der Waals surface area contributed by atoms with Crippen LogP contribution in [0, 0.1) is 5.92 Å². The van der Waals surface area contributed by atoms with E-state index in [0.29, 0.717) is 12.5 Å². The fraction of sp³-hybridized carbons (Fsp3) is 0.682. The summed E-state index contributed by atoms with van der Waals surface area (Å²) in [4.78, 5) is 18.8. The summed E-state index contributed by atoms with van der Waals surface area (Å²) < 4.78 is 0. The standard InChI is InChI=1S/C22H35N3O2/c1-23(2)21(26)20-15-24(3)13-14-25(16-20)17-22(27)11-9-19(10-12-22)18-7-5-4-6-8-18/h4-8,19-20,27H,9-17H2,1-3H3/t19?,20-,22?/m0/s1. The number of hydrogen-bond donors (Lipinski definition) is 1. The summed E-state index contributed by atoms with van der Waals surface area (Å²) in [5, 5.41) is 11.2. The van der Waals surface area contributed by atoms with Crippen molar-refractivity contribution in [2.24, 2.45) is 5.92 Å². The molecule has 1 aliphatic heterocycles. The number of benzene rings is 1.